The van der Waals surface area contributed by atoms with E-state index in [0.29, 0.717) is 12.8 Å². The highest BCUT2D eigenvalue weighted by Crippen LogP contribution is 2.07. The van der Waals surface area contributed by atoms with Crippen molar-refractivity contribution in [1.29, 1.82) is 0 Å². The minimum absolute atomic E-state index is 0.0950. The monoisotopic (exact) mass is 252 g/mol. The van der Waals surface area contributed by atoms with Gasteiger partial charge in [0.1, 0.15) is 5.82 Å². The van der Waals surface area contributed by atoms with Gasteiger partial charge >= 0.3 is 0 Å². The van der Waals surface area contributed by atoms with E-state index in [9.17, 15) is 14.0 Å². The van der Waals surface area contributed by atoms with Crippen LogP contribution < -0.4 is 10.9 Å². The topological polar surface area (TPSA) is 58.2 Å². The van der Waals surface area contributed by atoms with Gasteiger partial charge in [-0.1, -0.05) is 26.0 Å². The summed E-state index contributed by atoms with van der Waals surface area (Å²) in [6, 6.07) is 5.60. The Bertz CT molecular complexity index is 431. The number of rotatable bonds is 4. The zero-order valence-electron chi connectivity index (χ0n) is 10.5. The Labute approximate surface area is 106 Å². The lowest BCUT2D eigenvalue weighted by atomic mass is 10.0. The molecule has 1 aromatic carbocycles. The van der Waals surface area contributed by atoms with Gasteiger partial charge in [0.15, 0.2) is 0 Å². The predicted molar refractivity (Wildman–Crippen MR) is 66.1 cm³/mol. The van der Waals surface area contributed by atoms with Crippen LogP contribution in [-0.2, 0) is 4.79 Å². The second-order valence-corrected chi connectivity index (χ2v) is 3.94. The Balaban J connectivity index is 2.57. The summed E-state index contributed by atoms with van der Waals surface area (Å²) in [6.07, 6.45) is 1.38. The molecule has 1 rings (SSSR count). The molecule has 0 aliphatic heterocycles. The normalized spacial score (nSPS) is 10.2. The van der Waals surface area contributed by atoms with E-state index in [1.165, 1.54) is 18.2 Å². The fraction of sp³-hybridized carbons (Fsp3) is 0.385. The summed E-state index contributed by atoms with van der Waals surface area (Å²) in [6.45, 7) is 3.79. The second-order valence-electron chi connectivity index (χ2n) is 3.94. The van der Waals surface area contributed by atoms with Crippen LogP contribution in [-0.4, -0.2) is 11.8 Å². The molecule has 2 amide bonds. The number of hydrogen-bond donors (Lipinski definition) is 2. The molecule has 5 heteroatoms. The van der Waals surface area contributed by atoms with E-state index < -0.39 is 11.7 Å². The van der Waals surface area contributed by atoms with E-state index in [0.717, 1.165) is 0 Å². The van der Waals surface area contributed by atoms with Gasteiger partial charge in [0.2, 0.25) is 5.91 Å². The van der Waals surface area contributed by atoms with E-state index in [-0.39, 0.29) is 17.4 Å². The van der Waals surface area contributed by atoms with Crippen LogP contribution in [0.25, 0.3) is 0 Å². The van der Waals surface area contributed by atoms with E-state index in [1.54, 1.807) is 6.07 Å². The SMILES string of the molecule is CCC(CC)C(=O)NNC(=O)c1ccccc1F. The maximum Gasteiger partial charge on any atom is 0.272 e. The van der Waals surface area contributed by atoms with Crippen molar-refractivity contribution in [2.45, 2.75) is 26.7 Å². The number of hydrogen-bond acceptors (Lipinski definition) is 2. The van der Waals surface area contributed by atoms with Crippen molar-refractivity contribution in [2.75, 3.05) is 0 Å². The van der Waals surface area contributed by atoms with Crippen molar-refractivity contribution in [2.24, 2.45) is 5.92 Å². The van der Waals surface area contributed by atoms with E-state index >= 15 is 0 Å². The minimum atomic E-state index is -0.660. The molecule has 0 spiro atoms. The molecule has 1 aromatic rings. The molecule has 0 saturated heterocycles. The molecule has 0 unspecified atom stereocenters. The summed E-state index contributed by atoms with van der Waals surface area (Å²) in [7, 11) is 0. The Morgan fingerprint density at radius 3 is 2.33 bits per heavy atom. The summed E-state index contributed by atoms with van der Waals surface area (Å²) in [5.41, 5.74) is 4.42. The molecule has 18 heavy (non-hydrogen) atoms. The van der Waals surface area contributed by atoms with Crippen LogP contribution in [0.15, 0.2) is 24.3 Å². The first-order valence-electron chi connectivity index (χ1n) is 5.94. The number of hydrazine groups is 1. The maximum atomic E-state index is 13.3. The summed E-state index contributed by atoms with van der Waals surface area (Å²) >= 11 is 0. The van der Waals surface area contributed by atoms with Crippen molar-refractivity contribution in [3.63, 3.8) is 0 Å². The van der Waals surface area contributed by atoms with E-state index in [1.807, 2.05) is 13.8 Å². The zero-order valence-corrected chi connectivity index (χ0v) is 10.5. The molecule has 2 N–H and O–H groups in total. The Hall–Kier alpha value is -1.91. The van der Waals surface area contributed by atoms with Gasteiger partial charge in [-0.15, -0.1) is 0 Å². The van der Waals surface area contributed by atoms with Crippen molar-refractivity contribution in [1.82, 2.24) is 10.9 Å². The molecule has 0 aliphatic rings. The predicted octanol–water partition coefficient (Wildman–Crippen LogP) is 2.02. The smallest absolute Gasteiger partial charge is 0.272 e. The number of carbonyl (C=O) groups is 2. The molecule has 0 aliphatic carbocycles. The molecular weight excluding hydrogens is 235 g/mol. The van der Waals surface area contributed by atoms with Gasteiger partial charge in [0, 0.05) is 5.92 Å². The van der Waals surface area contributed by atoms with Crippen molar-refractivity contribution < 1.29 is 14.0 Å². The van der Waals surface area contributed by atoms with Crippen molar-refractivity contribution in [3.05, 3.63) is 35.6 Å². The van der Waals surface area contributed by atoms with E-state index in [2.05, 4.69) is 10.9 Å². The maximum absolute atomic E-state index is 13.3. The molecule has 98 valence electrons. The summed E-state index contributed by atoms with van der Waals surface area (Å²) in [5.74, 6) is -1.69. The fourth-order valence-corrected chi connectivity index (χ4v) is 1.59. The summed E-state index contributed by atoms with van der Waals surface area (Å²) in [4.78, 5) is 23.2. The Kier molecular flexibility index (Phi) is 5.30. The first kappa shape index (κ1) is 14.2. The number of benzene rings is 1. The van der Waals surface area contributed by atoms with Crippen molar-refractivity contribution >= 4 is 11.8 Å². The first-order valence-corrected chi connectivity index (χ1v) is 5.94. The molecule has 0 atom stereocenters. The molecular formula is C13H17FN2O2. The molecule has 0 heterocycles. The molecule has 0 bridgehead atoms. The van der Waals surface area contributed by atoms with Gasteiger partial charge in [0.05, 0.1) is 5.56 Å². The van der Waals surface area contributed by atoms with Crippen LogP contribution >= 0.6 is 0 Å². The summed E-state index contributed by atoms with van der Waals surface area (Å²) < 4.78 is 13.3. The zero-order chi connectivity index (χ0) is 13.5. The van der Waals surface area contributed by atoms with Gasteiger partial charge in [-0.2, -0.15) is 0 Å². The lowest BCUT2D eigenvalue weighted by Gasteiger charge is -2.13. The van der Waals surface area contributed by atoms with Crippen LogP contribution in [0.5, 0.6) is 0 Å². The minimum Gasteiger partial charge on any atom is -0.273 e. The van der Waals surface area contributed by atoms with Crippen molar-refractivity contribution in [3.8, 4) is 0 Å². The average Bonchev–Trinajstić information content (AvgIpc) is 2.38. The van der Waals surface area contributed by atoms with Crippen LogP contribution in [0.3, 0.4) is 0 Å². The largest absolute Gasteiger partial charge is 0.273 e. The first-order chi connectivity index (χ1) is 8.60. The molecule has 0 aromatic heterocycles. The standard InChI is InChI=1S/C13H17FN2O2/c1-3-9(4-2)12(17)15-16-13(18)10-7-5-6-8-11(10)14/h5-9H,3-4H2,1-2H3,(H,15,17)(H,16,18). The molecule has 0 radical (unpaired) electrons. The van der Waals surface area contributed by atoms with Crippen LogP contribution in [0.2, 0.25) is 0 Å². The van der Waals surface area contributed by atoms with Gasteiger partial charge in [-0.3, -0.25) is 20.4 Å². The highest BCUT2D eigenvalue weighted by molar-refractivity contribution is 5.95. The number of carbonyl (C=O) groups excluding carboxylic acids is 2. The van der Waals surface area contributed by atoms with Gasteiger partial charge < -0.3 is 0 Å². The average molecular weight is 252 g/mol. The third-order valence-electron chi connectivity index (χ3n) is 2.77. The molecule has 0 saturated carbocycles. The third kappa shape index (κ3) is 3.55. The lowest BCUT2D eigenvalue weighted by molar-refractivity contribution is -0.126. The molecule has 0 fully saturated rings. The third-order valence-corrected chi connectivity index (χ3v) is 2.77. The second kappa shape index (κ2) is 6.74. The summed E-state index contributed by atoms with van der Waals surface area (Å²) in [5, 5.41) is 0. The van der Waals surface area contributed by atoms with Crippen LogP contribution in [0.4, 0.5) is 4.39 Å². The molecule has 4 nitrogen and oxygen atoms in total. The van der Waals surface area contributed by atoms with Gasteiger partial charge in [-0.25, -0.2) is 4.39 Å². The van der Waals surface area contributed by atoms with Gasteiger partial charge in [0.25, 0.3) is 5.91 Å². The number of amides is 2. The van der Waals surface area contributed by atoms with Crippen LogP contribution in [0.1, 0.15) is 37.0 Å². The number of nitrogens with one attached hydrogen (secondary N) is 2. The fourth-order valence-electron chi connectivity index (χ4n) is 1.59. The highest BCUT2D eigenvalue weighted by Gasteiger charge is 2.16. The van der Waals surface area contributed by atoms with E-state index in [4.69, 9.17) is 0 Å². The number of halogens is 1. The Morgan fingerprint density at radius 2 is 1.78 bits per heavy atom. The highest BCUT2D eigenvalue weighted by atomic mass is 19.1. The van der Waals surface area contributed by atoms with Gasteiger partial charge in [-0.05, 0) is 25.0 Å². The lowest BCUT2D eigenvalue weighted by Crippen LogP contribution is -2.44. The quantitative estimate of drug-likeness (QED) is 0.805. The Morgan fingerprint density at radius 1 is 1.17 bits per heavy atom. The van der Waals surface area contributed by atoms with Crippen LogP contribution in [0, 0.1) is 11.7 Å².